The fraction of sp³-hybridized carbons (Fsp3) is 0.346. The van der Waals surface area contributed by atoms with Crippen molar-refractivity contribution in [2.24, 2.45) is 4.99 Å². The van der Waals surface area contributed by atoms with Crippen molar-refractivity contribution in [1.29, 1.82) is 0 Å². The van der Waals surface area contributed by atoms with Crippen LogP contribution in [0, 0.1) is 5.82 Å². The van der Waals surface area contributed by atoms with Gasteiger partial charge in [0, 0.05) is 22.9 Å². The van der Waals surface area contributed by atoms with Crippen LogP contribution >= 0.6 is 0 Å². The Balaban J connectivity index is 1.30. The highest BCUT2D eigenvalue weighted by molar-refractivity contribution is 5.94. The van der Waals surface area contributed by atoms with Gasteiger partial charge in [0.1, 0.15) is 17.3 Å². The van der Waals surface area contributed by atoms with Gasteiger partial charge in [0.05, 0.1) is 17.9 Å². The summed E-state index contributed by atoms with van der Waals surface area (Å²) in [6, 6.07) is 6.24. The summed E-state index contributed by atoms with van der Waals surface area (Å²) < 4.78 is 16.7. The van der Waals surface area contributed by atoms with Gasteiger partial charge in [-0.3, -0.25) is 14.8 Å². The van der Waals surface area contributed by atoms with Crippen LogP contribution in [0.4, 0.5) is 15.9 Å². The van der Waals surface area contributed by atoms with E-state index in [4.69, 9.17) is 4.99 Å². The number of amides is 1. The molecule has 5 N–H and O–H groups in total. The molecule has 1 amide bonds. The van der Waals surface area contributed by atoms with Gasteiger partial charge >= 0.3 is 5.69 Å². The predicted molar refractivity (Wildman–Crippen MR) is 141 cm³/mol. The number of hydrogen-bond donors (Lipinski definition) is 5. The van der Waals surface area contributed by atoms with Crippen molar-refractivity contribution in [2.45, 2.75) is 37.8 Å². The molecule has 0 spiro atoms. The highest BCUT2D eigenvalue weighted by Gasteiger charge is 2.21. The number of H-pyrrole nitrogens is 2. The maximum Gasteiger partial charge on any atom is 0.326 e. The van der Waals surface area contributed by atoms with E-state index >= 15 is 4.39 Å². The minimum atomic E-state index is -0.594. The van der Waals surface area contributed by atoms with Gasteiger partial charge in [-0.2, -0.15) is 9.61 Å². The number of piperidine rings is 1. The number of likely N-dealkylation sites (tertiary alicyclic amines) is 1. The largest absolute Gasteiger partial charge is 0.493 e. The fourth-order valence-electron chi connectivity index (χ4n) is 4.58. The molecule has 0 atom stereocenters. The Hall–Kier alpha value is -4.52. The lowest BCUT2D eigenvalue weighted by atomic mass is 10.0. The van der Waals surface area contributed by atoms with Crippen LogP contribution in [0.5, 0.6) is 5.88 Å². The summed E-state index contributed by atoms with van der Waals surface area (Å²) in [7, 11) is 2.05. The molecule has 202 valence electrons. The van der Waals surface area contributed by atoms with E-state index in [1.54, 1.807) is 22.8 Å². The SMILES string of the molecule is CN1CCC(NC(=O)c2ccc(Nc3cc(=NC4CC4)n4nc/c(=C\c5[nH]c(=O)[nH]c5O)c4n3)c(F)c2)CC1. The van der Waals surface area contributed by atoms with E-state index in [2.05, 4.69) is 42.6 Å². The van der Waals surface area contributed by atoms with Crippen LogP contribution in [0.3, 0.4) is 0 Å². The molecule has 4 aromatic rings. The van der Waals surface area contributed by atoms with Crippen LogP contribution in [-0.4, -0.2) is 72.7 Å². The Morgan fingerprint density at radius 2 is 2.00 bits per heavy atom. The summed E-state index contributed by atoms with van der Waals surface area (Å²) >= 11 is 0. The van der Waals surface area contributed by atoms with E-state index in [-0.39, 0.29) is 40.8 Å². The molecule has 6 rings (SSSR count). The zero-order chi connectivity index (χ0) is 27.1. The number of fused-ring (bicyclic) bond motifs is 1. The molecule has 2 aliphatic rings. The Kier molecular flexibility index (Phi) is 6.35. The van der Waals surface area contributed by atoms with E-state index in [0.717, 1.165) is 38.8 Å². The molecule has 4 heterocycles. The Morgan fingerprint density at radius 1 is 1.21 bits per heavy atom. The second-order valence-corrected chi connectivity index (χ2v) is 10.1. The summed E-state index contributed by atoms with van der Waals surface area (Å²) in [4.78, 5) is 40.5. The molecule has 0 bridgehead atoms. The van der Waals surface area contributed by atoms with E-state index in [0.29, 0.717) is 22.2 Å². The zero-order valence-corrected chi connectivity index (χ0v) is 21.2. The molecule has 1 aromatic carbocycles. The first kappa shape index (κ1) is 24.8. The third kappa shape index (κ3) is 5.39. The van der Waals surface area contributed by atoms with Crippen LogP contribution in [0.1, 0.15) is 41.7 Å². The molecule has 1 saturated heterocycles. The number of aromatic nitrogens is 5. The number of carbonyl (C=O) groups is 1. The third-order valence-corrected chi connectivity index (χ3v) is 6.92. The molecule has 1 aliphatic heterocycles. The standard InChI is InChI=1S/C26H28FN9O3/c1-35-8-6-17(7-9-35)30-24(37)14-2-5-19(18(27)10-14)31-21-12-22(29-16-3-4-16)36-23(33-21)15(13-28-36)11-20-25(38)34-26(39)32-20/h2,5,10-13,16-17,31,38H,3-4,6-9H2,1H3,(H,30,37)(H2,32,34,39)/b15-11+,29-22?. The second-order valence-electron chi connectivity index (χ2n) is 10.1. The van der Waals surface area contributed by atoms with Gasteiger partial charge in [0.15, 0.2) is 11.1 Å². The summed E-state index contributed by atoms with van der Waals surface area (Å²) in [5.41, 5.74) is 0.960. The lowest BCUT2D eigenvalue weighted by molar-refractivity contribution is 0.0916. The molecule has 1 aliphatic carbocycles. The van der Waals surface area contributed by atoms with E-state index in [9.17, 15) is 14.7 Å². The predicted octanol–water partition coefficient (Wildman–Crippen LogP) is 0.769. The first-order valence-corrected chi connectivity index (χ1v) is 12.8. The van der Waals surface area contributed by atoms with Crippen LogP contribution < -0.4 is 27.0 Å². The van der Waals surface area contributed by atoms with E-state index < -0.39 is 11.5 Å². The molecule has 39 heavy (non-hydrogen) atoms. The molecular formula is C26H28FN9O3. The first-order valence-electron chi connectivity index (χ1n) is 12.8. The number of nitrogens with zero attached hydrogens (tertiary/aromatic N) is 5. The maximum atomic E-state index is 15.1. The average Bonchev–Trinajstić information content (AvgIpc) is 3.54. The van der Waals surface area contributed by atoms with Gasteiger partial charge in [0.2, 0.25) is 5.88 Å². The number of benzene rings is 1. The van der Waals surface area contributed by atoms with Gasteiger partial charge in [-0.15, -0.1) is 0 Å². The topological polar surface area (TPSA) is 156 Å². The van der Waals surface area contributed by atoms with Crippen molar-refractivity contribution in [3.05, 3.63) is 68.7 Å². The van der Waals surface area contributed by atoms with Crippen molar-refractivity contribution < 1.29 is 14.3 Å². The number of nitrogens with one attached hydrogen (secondary N) is 4. The van der Waals surface area contributed by atoms with Crippen LogP contribution in [0.25, 0.3) is 11.7 Å². The van der Waals surface area contributed by atoms with Gasteiger partial charge in [0.25, 0.3) is 5.91 Å². The minimum Gasteiger partial charge on any atom is -0.493 e. The first-order chi connectivity index (χ1) is 18.8. The van der Waals surface area contributed by atoms with Crippen molar-refractivity contribution in [3.8, 4) is 5.88 Å². The summed E-state index contributed by atoms with van der Waals surface area (Å²) in [6.45, 7) is 1.82. The third-order valence-electron chi connectivity index (χ3n) is 6.92. The smallest absolute Gasteiger partial charge is 0.326 e. The summed E-state index contributed by atoms with van der Waals surface area (Å²) in [6.07, 6.45) is 6.75. The average molecular weight is 534 g/mol. The Labute approximate surface area is 221 Å². The number of imidazole rings is 1. The highest BCUT2D eigenvalue weighted by atomic mass is 19.1. The van der Waals surface area contributed by atoms with Crippen molar-refractivity contribution in [1.82, 2.24) is 34.8 Å². The van der Waals surface area contributed by atoms with Crippen LogP contribution in [0.15, 0.2) is 40.2 Å². The van der Waals surface area contributed by atoms with Gasteiger partial charge in [-0.25, -0.2) is 14.2 Å². The normalized spacial score (nSPS) is 17.7. The molecule has 1 saturated carbocycles. The molecule has 3 aromatic heterocycles. The van der Waals surface area contributed by atoms with Crippen LogP contribution in [0.2, 0.25) is 0 Å². The van der Waals surface area contributed by atoms with Crippen molar-refractivity contribution >= 4 is 29.1 Å². The summed E-state index contributed by atoms with van der Waals surface area (Å²) in [5, 5.41) is 20.8. The van der Waals surface area contributed by atoms with E-state index in [1.165, 1.54) is 18.2 Å². The molecule has 13 heteroatoms. The van der Waals surface area contributed by atoms with Gasteiger partial charge in [-0.05, 0) is 70.1 Å². The number of carbonyl (C=O) groups excluding carboxylic acids is 1. The Bertz CT molecular complexity index is 1730. The number of rotatable bonds is 6. The highest BCUT2D eigenvalue weighted by Crippen LogP contribution is 2.23. The monoisotopic (exact) mass is 533 g/mol. The number of anilines is 2. The van der Waals surface area contributed by atoms with Gasteiger partial charge < -0.3 is 25.6 Å². The zero-order valence-electron chi connectivity index (χ0n) is 21.2. The number of hydrogen-bond acceptors (Lipinski definition) is 8. The molecule has 2 fully saturated rings. The Morgan fingerprint density at radius 3 is 2.69 bits per heavy atom. The lowest BCUT2D eigenvalue weighted by Gasteiger charge is -2.29. The molecule has 0 unspecified atom stereocenters. The molecular weight excluding hydrogens is 505 g/mol. The maximum absolute atomic E-state index is 15.1. The second kappa shape index (κ2) is 9.98. The van der Waals surface area contributed by atoms with Crippen LogP contribution in [-0.2, 0) is 0 Å². The number of aromatic hydroxyl groups is 1. The fourth-order valence-corrected chi connectivity index (χ4v) is 4.58. The minimum absolute atomic E-state index is 0.0757. The molecule has 0 radical (unpaired) electrons. The van der Waals surface area contributed by atoms with Gasteiger partial charge in [-0.1, -0.05) is 0 Å². The molecule has 12 nitrogen and oxygen atoms in total. The van der Waals surface area contributed by atoms with Crippen molar-refractivity contribution in [2.75, 3.05) is 25.5 Å². The lowest BCUT2D eigenvalue weighted by Crippen LogP contribution is -2.43. The van der Waals surface area contributed by atoms with E-state index in [1.807, 2.05) is 0 Å². The quantitative estimate of drug-likeness (QED) is 0.245. The summed E-state index contributed by atoms with van der Waals surface area (Å²) in [5.74, 6) is -0.876. The van der Waals surface area contributed by atoms with Crippen molar-refractivity contribution in [3.63, 3.8) is 0 Å². The number of halogens is 1. The number of aromatic amines is 2.